The summed E-state index contributed by atoms with van der Waals surface area (Å²) in [5.41, 5.74) is 0.427. The maximum Gasteiger partial charge on any atom is 0.306 e. The van der Waals surface area contributed by atoms with E-state index in [4.69, 9.17) is 12.6 Å². The van der Waals surface area contributed by atoms with Crippen molar-refractivity contribution in [3.63, 3.8) is 0 Å². The summed E-state index contributed by atoms with van der Waals surface area (Å²) in [6, 6.07) is 9.35. The van der Waals surface area contributed by atoms with Crippen molar-refractivity contribution in [2.75, 3.05) is 0 Å². The van der Waals surface area contributed by atoms with E-state index < -0.39 is 11.7 Å². The molecular formula is C11H11BO3. The summed E-state index contributed by atoms with van der Waals surface area (Å²) in [7, 11) is 4.90. The van der Waals surface area contributed by atoms with Crippen LogP contribution in [0.1, 0.15) is 18.4 Å². The van der Waals surface area contributed by atoms with E-state index in [0.29, 0.717) is 0 Å². The highest BCUT2D eigenvalue weighted by molar-refractivity contribution is 6.57. The van der Waals surface area contributed by atoms with Crippen molar-refractivity contribution < 1.29 is 14.3 Å². The topological polar surface area (TPSA) is 43.4 Å². The van der Waals surface area contributed by atoms with Gasteiger partial charge in [0.05, 0.1) is 12.1 Å². The number of hydrogen-bond acceptors (Lipinski definition) is 3. The Morgan fingerprint density at radius 2 is 1.80 bits per heavy atom. The average Bonchev–Trinajstić information content (AvgIpc) is 2.25. The van der Waals surface area contributed by atoms with Gasteiger partial charge in [-0.3, -0.25) is 4.79 Å². The van der Waals surface area contributed by atoms with Crippen molar-refractivity contribution >= 4 is 19.5 Å². The van der Waals surface area contributed by atoms with Crippen LogP contribution in [-0.2, 0) is 20.9 Å². The fourth-order valence-electron chi connectivity index (χ4n) is 1.04. The van der Waals surface area contributed by atoms with Crippen LogP contribution in [0.2, 0.25) is 0 Å². The Morgan fingerprint density at radius 1 is 1.13 bits per heavy atom. The normalized spacial score (nSPS) is 9.60. The average molecular weight is 202 g/mol. The summed E-state index contributed by atoms with van der Waals surface area (Å²) < 4.78 is 4.93. The highest BCUT2D eigenvalue weighted by atomic mass is 16.5. The third-order valence-corrected chi connectivity index (χ3v) is 1.82. The number of hydrogen-bond donors (Lipinski definition) is 0. The number of carbonyl (C=O) groups is 2. The van der Waals surface area contributed by atoms with E-state index in [2.05, 4.69) is 0 Å². The van der Waals surface area contributed by atoms with E-state index in [1.807, 2.05) is 30.3 Å². The van der Waals surface area contributed by atoms with Crippen LogP contribution in [0.3, 0.4) is 0 Å². The van der Waals surface area contributed by atoms with Gasteiger partial charge in [0.15, 0.2) is 7.85 Å². The zero-order valence-electron chi connectivity index (χ0n) is 8.31. The lowest BCUT2D eigenvalue weighted by molar-refractivity contribution is -0.145. The van der Waals surface area contributed by atoms with Crippen LogP contribution >= 0.6 is 0 Å². The van der Waals surface area contributed by atoms with Gasteiger partial charge in [0.25, 0.3) is 0 Å². The number of esters is 1. The summed E-state index contributed by atoms with van der Waals surface area (Å²) in [6.07, 6.45) is 0.0792. The Kier molecular flexibility index (Phi) is 4.61. The van der Waals surface area contributed by atoms with E-state index in [1.165, 1.54) is 0 Å². The van der Waals surface area contributed by atoms with Crippen LogP contribution in [-0.4, -0.2) is 19.5 Å². The molecule has 0 amide bonds. The van der Waals surface area contributed by atoms with E-state index in [9.17, 15) is 9.59 Å². The van der Waals surface area contributed by atoms with Gasteiger partial charge in [-0.1, -0.05) is 30.3 Å². The zero-order valence-corrected chi connectivity index (χ0v) is 8.31. The van der Waals surface area contributed by atoms with Gasteiger partial charge in [0, 0.05) is 6.42 Å². The van der Waals surface area contributed by atoms with Crippen molar-refractivity contribution in [3.05, 3.63) is 35.9 Å². The predicted octanol–water partition coefficient (Wildman–Crippen LogP) is 1.21. The minimum atomic E-state index is -0.494. The molecule has 76 valence electrons. The summed E-state index contributed by atoms with van der Waals surface area (Å²) in [4.78, 5) is 21.5. The summed E-state index contributed by atoms with van der Waals surface area (Å²) in [6.45, 7) is 0.235. The van der Waals surface area contributed by atoms with Crippen molar-refractivity contribution in [2.45, 2.75) is 19.4 Å². The molecule has 0 aliphatic heterocycles. The van der Waals surface area contributed by atoms with Crippen LogP contribution in [0.4, 0.5) is 0 Å². The molecule has 0 saturated heterocycles. The molecule has 0 aliphatic rings. The molecule has 4 heteroatoms. The minimum Gasteiger partial charge on any atom is -0.461 e. The van der Waals surface area contributed by atoms with E-state index in [0.717, 1.165) is 5.56 Å². The molecular weight excluding hydrogens is 191 g/mol. The zero-order chi connectivity index (χ0) is 11.1. The second kappa shape index (κ2) is 6.01. The number of carbonyl (C=O) groups excluding carboxylic acids is 2. The fourth-order valence-corrected chi connectivity index (χ4v) is 1.04. The van der Waals surface area contributed by atoms with Gasteiger partial charge in [0.2, 0.25) is 0 Å². The molecule has 0 atom stereocenters. The molecule has 0 aromatic heterocycles. The van der Waals surface area contributed by atoms with Gasteiger partial charge in [-0.25, -0.2) is 0 Å². The molecule has 0 N–H and O–H groups in total. The molecule has 0 saturated carbocycles. The second-order valence-electron chi connectivity index (χ2n) is 3.11. The van der Waals surface area contributed by atoms with Gasteiger partial charge in [0.1, 0.15) is 6.61 Å². The van der Waals surface area contributed by atoms with Gasteiger partial charge >= 0.3 is 5.97 Å². The third-order valence-electron chi connectivity index (χ3n) is 1.82. The smallest absolute Gasteiger partial charge is 0.306 e. The Bertz CT molecular complexity index is 335. The van der Waals surface area contributed by atoms with E-state index in [-0.39, 0.29) is 19.4 Å². The Morgan fingerprint density at radius 3 is 2.40 bits per heavy atom. The highest BCUT2D eigenvalue weighted by Gasteiger charge is 2.04. The number of ether oxygens (including phenoxy) is 1. The van der Waals surface area contributed by atoms with Crippen molar-refractivity contribution in [3.8, 4) is 0 Å². The maximum absolute atomic E-state index is 11.1. The first-order chi connectivity index (χ1) is 7.18. The fraction of sp³-hybridized carbons (Fsp3) is 0.273. The second-order valence-corrected chi connectivity index (χ2v) is 3.11. The standard InChI is InChI=1S/C11H11BO3/c12-10(13)6-7-11(14)15-8-9-4-2-1-3-5-9/h1-5H,6-8H2. The molecule has 0 bridgehead atoms. The lowest BCUT2D eigenvalue weighted by Crippen LogP contribution is -2.07. The first kappa shape index (κ1) is 11.5. The van der Waals surface area contributed by atoms with E-state index in [1.54, 1.807) is 0 Å². The maximum atomic E-state index is 11.1. The monoisotopic (exact) mass is 202 g/mol. The Hall–Kier alpha value is -1.58. The summed E-state index contributed by atoms with van der Waals surface area (Å²) >= 11 is 0. The first-order valence-electron chi connectivity index (χ1n) is 4.66. The Balaban J connectivity index is 2.26. The van der Waals surface area contributed by atoms with Crippen LogP contribution < -0.4 is 0 Å². The summed E-state index contributed by atoms with van der Waals surface area (Å²) in [5.74, 6) is -0.405. The SMILES string of the molecule is [B]C(=O)CCC(=O)OCc1ccccc1. The molecule has 1 aromatic rings. The highest BCUT2D eigenvalue weighted by Crippen LogP contribution is 2.02. The van der Waals surface area contributed by atoms with Crippen molar-refractivity contribution in [1.82, 2.24) is 0 Å². The van der Waals surface area contributed by atoms with Gasteiger partial charge < -0.3 is 9.53 Å². The van der Waals surface area contributed by atoms with Gasteiger partial charge in [-0.2, -0.15) is 0 Å². The summed E-state index contributed by atoms with van der Waals surface area (Å²) in [5, 5.41) is 0. The molecule has 0 spiro atoms. The molecule has 3 nitrogen and oxygen atoms in total. The molecule has 0 heterocycles. The lowest BCUT2D eigenvalue weighted by atomic mass is 9.98. The van der Waals surface area contributed by atoms with Crippen LogP contribution in [0.25, 0.3) is 0 Å². The van der Waals surface area contributed by atoms with Crippen molar-refractivity contribution in [1.29, 1.82) is 0 Å². The molecule has 1 rings (SSSR count). The van der Waals surface area contributed by atoms with E-state index >= 15 is 0 Å². The quantitative estimate of drug-likeness (QED) is 0.532. The molecule has 2 radical (unpaired) electrons. The molecule has 0 aliphatic carbocycles. The number of rotatable bonds is 5. The number of benzene rings is 1. The third kappa shape index (κ3) is 5.01. The van der Waals surface area contributed by atoms with Crippen LogP contribution in [0.15, 0.2) is 30.3 Å². The molecule has 15 heavy (non-hydrogen) atoms. The lowest BCUT2D eigenvalue weighted by Gasteiger charge is -2.03. The largest absolute Gasteiger partial charge is 0.461 e. The molecule has 0 fully saturated rings. The Labute approximate surface area is 89.8 Å². The predicted molar refractivity (Wildman–Crippen MR) is 56.2 cm³/mol. The molecule has 1 aromatic carbocycles. The van der Waals surface area contributed by atoms with Crippen LogP contribution in [0.5, 0.6) is 0 Å². The van der Waals surface area contributed by atoms with Crippen molar-refractivity contribution in [2.24, 2.45) is 0 Å². The molecule has 0 unspecified atom stereocenters. The first-order valence-corrected chi connectivity index (χ1v) is 4.66. The van der Waals surface area contributed by atoms with Gasteiger partial charge in [-0.05, 0) is 5.56 Å². The van der Waals surface area contributed by atoms with Crippen LogP contribution in [0, 0.1) is 0 Å². The van der Waals surface area contributed by atoms with Gasteiger partial charge in [-0.15, -0.1) is 0 Å². The minimum absolute atomic E-state index is 0.0353.